The van der Waals surface area contributed by atoms with Crippen LogP contribution in [-0.4, -0.2) is 55.3 Å². The zero-order chi connectivity index (χ0) is 16.8. The molecule has 3 heterocycles. The molecule has 2 aliphatic heterocycles. The highest BCUT2D eigenvalue weighted by Gasteiger charge is 2.18. The summed E-state index contributed by atoms with van der Waals surface area (Å²) in [5.41, 5.74) is 0.729. The summed E-state index contributed by atoms with van der Waals surface area (Å²) in [6, 6.07) is 3.17. The van der Waals surface area contributed by atoms with Gasteiger partial charge in [0.25, 0.3) is 11.8 Å². The first-order chi connectivity index (χ1) is 11.7. The molecule has 7 nitrogen and oxygen atoms in total. The Balaban J connectivity index is 1.46. The van der Waals surface area contributed by atoms with Gasteiger partial charge in [-0.2, -0.15) is 0 Å². The van der Waals surface area contributed by atoms with E-state index in [-0.39, 0.29) is 24.0 Å². The number of ether oxygens (including phenoxy) is 2. The van der Waals surface area contributed by atoms with Gasteiger partial charge < -0.3 is 20.1 Å². The van der Waals surface area contributed by atoms with Gasteiger partial charge in [0.2, 0.25) is 0 Å². The highest BCUT2D eigenvalue weighted by atomic mass is 16.5. The van der Waals surface area contributed by atoms with Crippen molar-refractivity contribution in [3.63, 3.8) is 0 Å². The van der Waals surface area contributed by atoms with Gasteiger partial charge in [0.15, 0.2) is 0 Å². The van der Waals surface area contributed by atoms with Crippen LogP contribution in [0.1, 0.15) is 46.5 Å². The van der Waals surface area contributed by atoms with Gasteiger partial charge >= 0.3 is 0 Å². The van der Waals surface area contributed by atoms with Crippen molar-refractivity contribution in [3.8, 4) is 0 Å². The van der Waals surface area contributed by atoms with Crippen molar-refractivity contribution in [3.05, 3.63) is 29.6 Å². The van der Waals surface area contributed by atoms with Gasteiger partial charge in [-0.1, -0.05) is 0 Å². The van der Waals surface area contributed by atoms with Crippen LogP contribution in [0.15, 0.2) is 18.3 Å². The number of hydrogen-bond acceptors (Lipinski definition) is 5. The smallest absolute Gasteiger partial charge is 0.269 e. The standard InChI is InChI=1S/C17H23N3O4/c21-16(19-10-13-3-1-7-23-13)12-5-6-15(18-9-12)17(22)20-11-14-4-2-8-24-14/h5-6,9,13-14H,1-4,7-8,10-11H2,(H,19,21)(H,20,22)/t13-,14+/m1/s1. The van der Waals surface area contributed by atoms with E-state index in [4.69, 9.17) is 9.47 Å². The molecule has 24 heavy (non-hydrogen) atoms. The maximum absolute atomic E-state index is 12.1. The average molecular weight is 333 g/mol. The molecule has 7 heteroatoms. The molecule has 0 aromatic carbocycles. The zero-order valence-electron chi connectivity index (χ0n) is 13.6. The van der Waals surface area contributed by atoms with Gasteiger partial charge in [0, 0.05) is 32.5 Å². The summed E-state index contributed by atoms with van der Waals surface area (Å²) < 4.78 is 10.9. The van der Waals surface area contributed by atoms with Gasteiger partial charge in [-0.25, -0.2) is 0 Å². The van der Waals surface area contributed by atoms with E-state index >= 15 is 0 Å². The molecule has 0 unspecified atom stereocenters. The fourth-order valence-electron chi connectivity index (χ4n) is 2.88. The molecule has 1 aromatic heterocycles. The lowest BCUT2D eigenvalue weighted by atomic mass is 10.2. The van der Waals surface area contributed by atoms with Crippen molar-refractivity contribution in [1.82, 2.24) is 15.6 Å². The summed E-state index contributed by atoms with van der Waals surface area (Å²) in [6.07, 6.45) is 5.64. The van der Waals surface area contributed by atoms with Crippen LogP contribution in [0.2, 0.25) is 0 Å². The second-order valence-electron chi connectivity index (χ2n) is 6.12. The fourth-order valence-corrected chi connectivity index (χ4v) is 2.88. The Bertz CT molecular complexity index is 513. The van der Waals surface area contributed by atoms with Crippen LogP contribution in [0.5, 0.6) is 0 Å². The zero-order valence-corrected chi connectivity index (χ0v) is 13.6. The minimum Gasteiger partial charge on any atom is -0.376 e. The Labute approximate surface area is 141 Å². The molecule has 130 valence electrons. The first-order valence-corrected chi connectivity index (χ1v) is 8.48. The van der Waals surface area contributed by atoms with Crippen LogP contribution >= 0.6 is 0 Å². The lowest BCUT2D eigenvalue weighted by Crippen LogP contribution is -2.33. The normalized spacial score (nSPS) is 23.2. The first kappa shape index (κ1) is 16.9. The van der Waals surface area contributed by atoms with Crippen molar-refractivity contribution in [2.45, 2.75) is 37.9 Å². The third-order valence-corrected chi connectivity index (χ3v) is 4.29. The van der Waals surface area contributed by atoms with Crippen LogP contribution in [0, 0.1) is 0 Å². The predicted molar refractivity (Wildman–Crippen MR) is 86.9 cm³/mol. The monoisotopic (exact) mass is 333 g/mol. The van der Waals surface area contributed by atoms with E-state index in [2.05, 4.69) is 15.6 Å². The molecule has 2 saturated heterocycles. The van der Waals surface area contributed by atoms with Crippen molar-refractivity contribution >= 4 is 11.8 Å². The molecular weight excluding hydrogens is 310 g/mol. The van der Waals surface area contributed by atoms with Crippen molar-refractivity contribution in [2.75, 3.05) is 26.3 Å². The molecular formula is C17H23N3O4. The number of nitrogens with zero attached hydrogens (tertiary/aromatic N) is 1. The van der Waals surface area contributed by atoms with Crippen LogP contribution in [-0.2, 0) is 9.47 Å². The number of nitrogens with one attached hydrogen (secondary N) is 2. The SMILES string of the molecule is O=C(NC[C@H]1CCCO1)c1ccc(C(=O)NC[C@@H]2CCCO2)nc1. The van der Waals surface area contributed by atoms with Crippen LogP contribution in [0.3, 0.4) is 0 Å². The first-order valence-electron chi connectivity index (χ1n) is 8.48. The van der Waals surface area contributed by atoms with E-state index in [1.165, 1.54) is 6.20 Å². The average Bonchev–Trinajstić information content (AvgIpc) is 3.31. The van der Waals surface area contributed by atoms with Crippen LogP contribution in [0.4, 0.5) is 0 Å². The number of carbonyl (C=O) groups excluding carboxylic acids is 2. The molecule has 2 N–H and O–H groups in total. The van der Waals surface area contributed by atoms with Gasteiger partial charge in [0.05, 0.1) is 17.8 Å². The van der Waals surface area contributed by atoms with Gasteiger partial charge in [-0.15, -0.1) is 0 Å². The third kappa shape index (κ3) is 4.52. The number of carbonyl (C=O) groups is 2. The maximum Gasteiger partial charge on any atom is 0.269 e. The van der Waals surface area contributed by atoms with Crippen molar-refractivity contribution < 1.29 is 19.1 Å². The third-order valence-electron chi connectivity index (χ3n) is 4.29. The highest BCUT2D eigenvalue weighted by molar-refractivity contribution is 5.96. The predicted octanol–water partition coefficient (Wildman–Crippen LogP) is 0.899. The number of hydrogen-bond donors (Lipinski definition) is 2. The lowest BCUT2D eigenvalue weighted by molar-refractivity contribution is 0.0847. The van der Waals surface area contributed by atoms with Crippen LogP contribution < -0.4 is 10.6 Å². The number of aromatic nitrogens is 1. The molecule has 0 spiro atoms. The Kier molecular flexibility index (Phi) is 5.77. The van der Waals surface area contributed by atoms with E-state index in [0.29, 0.717) is 24.3 Å². The largest absolute Gasteiger partial charge is 0.376 e. The van der Waals surface area contributed by atoms with E-state index in [1.807, 2.05) is 0 Å². The van der Waals surface area contributed by atoms with E-state index < -0.39 is 0 Å². The highest BCUT2D eigenvalue weighted by Crippen LogP contribution is 2.12. The fraction of sp³-hybridized carbons (Fsp3) is 0.588. The molecule has 3 rings (SSSR count). The van der Waals surface area contributed by atoms with E-state index in [1.54, 1.807) is 12.1 Å². The second-order valence-corrected chi connectivity index (χ2v) is 6.12. The molecule has 0 radical (unpaired) electrons. The minimum atomic E-state index is -0.253. The van der Waals surface area contributed by atoms with E-state index in [9.17, 15) is 9.59 Å². The number of amides is 2. The minimum absolute atomic E-state index is 0.0943. The second kappa shape index (κ2) is 8.21. The summed E-state index contributed by atoms with van der Waals surface area (Å²) in [4.78, 5) is 28.2. The number of rotatable bonds is 6. The molecule has 1 aromatic rings. The quantitative estimate of drug-likeness (QED) is 0.807. The topological polar surface area (TPSA) is 89.5 Å². The molecule has 2 fully saturated rings. The molecule has 2 amide bonds. The van der Waals surface area contributed by atoms with Crippen LogP contribution in [0.25, 0.3) is 0 Å². The molecule has 2 aliphatic rings. The van der Waals surface area contributed by atoms with Crippen molar-refractivity contribution in [2.24, 2.45) is 0 Å². The Morgan fingerprint density at radius 2 is 1.62 bits per heavy atom. The van der Waals surface area contributed by atoms with Gasteiger partial charge in [-0.05, 0) is 37.8 Å². The molecule has 0 aliphatic carbocycles. The number of pyridine rings is 1. The summed E-state index contributed by atoms with van der Waals surface area (Å²) in [5, 5.41) is 5.64. The van der Waals surface area contributed by atoms with Gasteiger partial charge in [-0.3, -0.25) is 14.6 Å². The van der Waals surface area contributed by atoms with Crippen molar-refractivity contribution in [1.29, 1.82) is 0 Å². The molecule has 0 saturated carbocycles. The summed E-state index contributed by atoms with van der Waals surface area (Å²) >= 11 is 0. The maximum atomic E-state index is 12.1. The summed E-state index contributed by atoms with van der Waals surface area (Å²) in [7, 11) is 0. The Hall–Kier alpha value is -1.99. The molecule has 2 atom stereocenters. The summed E-state index contributed by atoms with van der Waals surface area (Å²) in [6.45, 7) is 2.51. The van der Waals surface area contributed by atoms with E-state index in [0.717, 1.165) is 38.9 Å². The Morgan fingerprint density at radius 1 is 1.00 bits per heavy atom. The molecule has 0 bridgehead atoms. The Morgan fingerprint density at radius 3 is 2.12 bits per heavy atom. The summed E-state index contributed by atoms with van der Waals surface area (Å²) in [5.74, 6) is -0.457. The lowest BCUT2D eigenvalue weighted by Gasteiger charge is -2.11. The van der Waals surface area contributed by atoms with Gasteiger partial charge in [0.1, 0.15) is 5.69 Å².